The van der Waals surface area contributed by atoms with Crippen LogP contribution < -0.4 is 0 Å². The molecule has 0 aliphatic rings. The fraction of sp³-hybridized carbons (Fsp3) is 0.308. The molecule has 1 nitrogen and oxygen atoms in total. The predicted molar refractivity (Wildman–Crippen MR) is 63.1 cm³/mol. The number of hydrogen-bond donors (Lipinski definition) is 0. The molecule has 1 aromatic heterocycles. The molecule has 14 heavy (non-hydrogen) atoms. The Morgan fingerprint density at radius 2 is 2.07 bits per heavy atom. The molecule has 0 fully saturated rings. The average molecular weight is 187 g/mol. The maximum Gasteiger partial charge on any atom is 0.0456 e. The normalized spacial score (nSPS) is 10.9. The monoisotopic (exact) mass is 187 g/mol. The fourth-order valence-electron chi connectivity index (χ4n) is 1.73. The van der Waals surface area contributed by atoms with Crippen LogP contribution in [0.1, 0.15) is 36.4 Å². The summed E-state index contributed by atoms with van der Waals surface area (Å²) in [6, 6.07) is 2.09. The van der Waals surface area contributed by atoms with Crippen LogP contribution in [0.3, 0.4) is 0 Å². The summed E-state index contributed by atoms with van der Waals surface area (Å²) in [6.07, 6.45) is 4.15. The second kappa shape index (κ2) is 4.23. The minimum Gasteiger partial charge on any atom is -0.258 e. The molecule has 74 valence electrons. The van der Waals surface area contributed by atoms with Crippen molar-refractivity contribution in [2.75, 3.05) is 0 Å². The lowest BCUT2D eigenvalue weighted by molar-refractivity contribution is 1.10. The molecule has 0 spiro atoms. The molecule has 1 heterocycles. The second-order valence-electron chi connectivity index (χ2n) is 3.59. The zero-order valence-corrected chi connectivity index (χ0v) is 9.39. The maximum atomic E-state index is 4.44. The van der Waals surface area contributed by atoms with E-state index < -0.39 is 0 Å². The number of aromatic nitrogens is 1. The minimum atomic E-state index is 1.06. The van der Waals surface area contributed by atoms with Crippen molar-refractivity contribution in [2.45, 2.75) is 27.7 Å². The fourth-order valence-corrected chi connectivity index (χ4v) is 1.73. The van der Waals surface area contributed by atoms with Crippen molar-refractivity contribution in [3.8, 4) is 0 Å². The topological polar surface area (TPSA) is 12.9 Å². The van der Waals surface area contributed by atoms with E-state index in [9.17, 15) is 0 Å². The van der Waals surface area contributed by atoms with Crippen LogP contribution in [-0.2, 0) is 0 Å². The largest absolute Gasteiger partial charge is 0.258 e. The number of nitrogens with zero attached hydrogens (tertiary/aromatic N) is 1. The summed E-state index contributed by atoms with van der Waals surface area (Å²) in [5.41, 5.74) is 5.58. The molecule has 0 N–H and O–H groups in total. The molecule has 0 atom stereocenters. The first kappa shape index (κ1) is 10.7. The van der Waals surface area contributed by atoms with Crippen LogP contribution in [0, 0.1) is 13.8 Å². The average Bonchev–Trinajstić information content (AvgIpc) is 2.01. The zero-order valence-electron chi connectivity index (χ0n) is 9.39. The SMILES string of the molecule is C=C(C)c1c(C=CC)cc(C)nc1C. The highest BCUT2D eigenvalue weighted by Crippen LogP contribution is 2.22. The summed E-state index contributed by atoms with van der Waals surface area (Å²) in [5.74, 6) is 0. The third-order valence-electron chi connectivity index (χ3n) is 2.13. The Bertz CT molecular complexity index is 386. The van der Waals surface area contributed by atoms with Gasteiger partial charge in [0.25, 0.3) is 0 Å². The molecule has 1 heteroatoms. The molecule has 0 radical (unpaired) electrons. The van der Waals surface area contributed by atoms with E-state index in [2.05, 4.69) is 23.7 Å². The third-order valence-corrected chi connectivity index (χ3v) is 2.13. The third kappa shape index (κ3) is 2.11. The van der Waals surface area contributed by atoms with Crippen molar-refractivity contribution < 1.29 is 0 Å². The van der Waals surface area contributed by atoms with Gasteiger partial charge in [-0.25, -0.2) is 0 Å². The van der Waals surface area contributed by atoms with Crippen molar-refractivity contribution in [1.29, 1.82) is 0 Å². The van der Waals surface area contributed by atoms with Gasteiger partial charge in [0.15, 0.2) is 0 Å². The molecule has 0 bridgehead atoms. The standard InChI is InChI=1S/C13H17N/c1-6-7-12-8-10(4)14-11(5)13(12)9(2)3/h6-8H,2H2,1,3-5H3. The molecule has 0 aliphatic carbocycles. The van der Waals surface area contributed by atoms with E-state index >= 15 is 0 Å². The highest BCUT2D eigenvalue weighted by molar-refractivity contribution is 5.73. The molecule has 1 rings (SSSR count). The van der Waals surface area contributed by atoms with E-state index in [0.717, 1.165) is 17.0 Å². The van der Waals surface area contributed by atoms with Crippen LogP contribution >= 0.6 is 0 Å². The van der Waals surface area contributed by atoms with Crippen LogP contribution in [-0.4, -0.2) is 4.98 Å². The number of allylic oxidation sites excluding steroid dienone is 2. The highest BCUT2D eigenvalue weighted by atomic mass is 14.7. The molecule has 0 amide bonds. The van der Waals surface area contributed by atoms with Crippen LogP contribution in [0.5, 0.6) is 0 Å². The number of rotatable bonds is 2. The first-order valence-corrected chi connectivity index (χ1v) is 4.83. The molecule has 0 saturated carbocycles. The molecule has 0 aliphatic heterocycles. The van der Waals surface area contributed by atoms with E-state index in [4.69, 9.17) is 0 Å². The van der Waals surface area contributed by atoms with Crippen LogP contribution in [0.25, 0.3) is 11.6 Å². The Morgan fingerprint density at radius 3 is 2.57 bits per heavy atom. The molecular weight excluding hydrogens is 170 g/mol. The quantitative estimate of drug-likeness (QED) is 0.687. The van der Waals surface area contributed by atoms with E-state index in [0.29, 0.717) is 0 Å². The lowest BCUT2D eigenvalue weighted by Gasteiger charge is -2.10. The van der Waals surface area contributed by atoms with Gasteiger partial charge in [0, 0.05) is 17.0 Å². The van der Waals surface area contributed by atoms with Gasteiger partial charge in [0.05, 0.1) is 0 Å². The Morgan fingerprint density at radius 1 is 1.43 bits per heavy atom. The highest BCUT2D eigenvalue weighted by Gasteiger charge is 2.06. The van der Waals surface area contributed by atoms with Gasteiger partial charge in [-0.3, -0.25) is 4.98 Å². The van der Waals surface area contributed by atoms with Gasteiger partial charge < -0.3 is 0 Å². The summed E-state index contributed by atoms with van der Waals surface area (Å²) >= 11 is 0. The van der Waals surface area contributed by atoms with E-state index in [-0.39, 0.29) is 0 Å². The first-order chi connectivity index (χ1) is 6.56. The summed E-state index contributed by atoms with van der Waals surface area (Å²) in [5, 5.41) is 0. The van der Waals surface area contributed by atoms with Gasteiger partial charge in [-0.15, -0.1) is 0 Å². The van der Waals surface area contributed by atoms with Gasteiger partial charge in [-0.05, 0) is 44.9 Å². The summed E-state index contributed by atoms with van der Waals surface area (Å²) < 4.78 is 0. The Hall–Kier alpha value is -1.37. The van der Waals surface area contributed by atoms with Gasteiger partial charge in [0.1, 0.15) is 0 Å². The lowest BCUT2D eigenvalue weighted by Crippen LogP contribution is -1.96. The van der Waals surface area contributed by atoms with Crippen molar-refractivity contribution in [1.82, 2.24) is 4.98 Å². The number of pyridine rings is 1. The number of aryl methyl sites for hydroxylation is 2. The predicted octanol–water partition coefficient (Wildman–Crippen LogP) is 3.76. The van der Waals surface area contributed by atoms with Gasteiger partial charge in [-0.1, -0.05) is 18.7 Å². The number of hydrogen-bond acceptors (Lipinski definition) is 1. The molecule has 0 aromatic carbocycles. The van der Waals surface area contributed by atoms with Crippen LogP contribution in [0.2, 0.25) is 0 Å². The van der Waals surface area contributed by atoms with Crippen molar-refractivity contribution in [3.05, 3.63) is 41.2 Å². The molecule has 1 aromatic rings. The zero-order chi connectivity index (χ0) is 10.7. The van der Waals surface area contributed by atoms with Crippen molar-refractivity contribution in [3.63, 3.8) is 0 Å². The van der Waals surface area contributed by atoms with Crippen molar-refractivity contribution >= 4 is 11.6 Å². The van der Waals surface area contributed by atoms with E-state index in [1.807, 2.05) is 33.8 Å². The van der Waals surface area contributed by atoms with Crippen molar-refractivity contribution in [2.24, 2.45) is 0 Å². The van der Waals surface area contributed by atoms with Crippen LogP contribution in [0.15, 0.2) is 18.7 Å². The Kier molecular flexibility index (Phi) is 3.23. The Labute approximate surface area is 86.2 Å². The smallest absolute Gasteiger partial charge is 0.0456 e. The Balaban J connectivity index is 3.44. The molecule has 0 saturated heterocycles. The van der Waals surface area contributed by atoms with E-state index in [1.165, 1.54) is 11.1 Å². The minimum absolute atomic E-state index is 1.06. The van der Waals surface area contributed by atoms with Crippen LogP contribution in [0.4, 0.5) is 0 Å². The lowest BCUT2D eigenvalue weighted by atomic mass is 9.99. The molecule has 0 unspecified atom stereocenters. The maximum absolute atomic E-state index is 4.44. The van der Waals surface area contributed by atoms with Gasteiger partial charge >= 0.3 is 0 Å². The van der Waals surface area contributed by atoms with Gasteiger partial charge in [0.2, 0.25) is 0 Å². The second-order valence-corrected chi connectivity index (χ2v) is 3.59. The summed E-state index contributed by atoms with van der Waals surface area (Å²) in [7, 11) is 0. The molecular formula is C13H17N. The van der Waals surface area contributed by atoms with Gasteiger partial charge in [-0.2, -0.15) is 0 Å². The first-order valence-electron chi connectivity index (χ1n) is 4.83. The summed E-state index contributed by atoms with van der Waals surface area (Å²) in [4.78, 5) is 4.44. The van der Waals surface area contributed by atoms with E-state index in [1.54, 1.807) is 0 Å². The summed E-state index contributed by atoms with van der Waals surface area (Å²) in [6.45, 7) is 12.1.